The maximum atomic E-state index is 13.3. The van der Waals surface area contributed by atoms with Gasteiger partial charge in [0.15, 0.2) is 0 Å². The van der Waals surface area contributed by atoms with E-state index in [9.17, 15) is 9.18 Å². The molecule has 5 nitrogen and oxygen atoms in total. The second-order valence-electron chi connectivity index (χ2n) is 6.67. The van der Waals surface area contributed by atoms with Gasteiger partial charge in [-0.2, -0.15) is 0 Å². The molecule has 2 fully saturated rings. The summed E-state index contributed by atoms with van der Waals surface area (Å²) in [5.41, 5.74) is 0.426. The topological polar surface area (TPSA) is 53.0 Å². The Balaban J connectivity index is 1.68. The summed E-state index contributed by atoms with van der Waals surface area (Å²) in [7, 11) is 0. The number of nitrogens with zero attached hydrogens (tertiary/aromatic N) is 2. The average molecular weight is 336 g/mol. The number of carbonyl (C=O) groups is 1. The van der Waals surface area contributed by atoms with Gasteiger partial charge in [-0.3, -0.25) is 0 Å². The van der Waals surface area contributed by atoms with Gasteiger partial charge in [-0.1, -0.05) is 12.1 Å². The van der Waals surface area contributed by atoms with Gasteiger partial charge in [0, 0.05) is 19.6 Å². The largest absolute Gasteiger partial charge is 0.465 e. The van der Waals surface area contributed by atoms with E-state index in [1.807, 2.05) is 0 Å². The Morgan fingerprint density at radius 1 is 1.12 bits per heavy atom. The van der Waals surface area contributed by atoms with Crippen LogP contribution in [0.5, 0.6) is 0 Å². The normalized spacial score (nSPS) is 21.1. The molecule has 1 N–H and O–H groups in total. The minimum atomic E-state index is -0.889. The monoisotopic (exact) mass is 336 g/mol. The van der Waals surface area contributed by atoms with Gasteiger partial charge < -0.3 is 19.6 Å². The number of likely N-dealkylation sites (tertiary alicyclic amines) is 2. The highest BCUT2D eigenvalue weighted by atomic mass is 19.1. The van der Waals surface area contributed by atoms with E-state index in [1.165, 1.54) is 29.9 Å². The van der Waals surface area contributed by atoms with Gasteiger partial charge in [0.2, 0.25) is 0 Å². The Labute approximate surface area is 142 Å². The van der Waals surface area contributed by atoms with Crippen molar-refractivity contribution in [3.8, 4) is 0 Å². The van der Waals surface area contributed by atoms with E-state index in [0.717, 1.165) is 25.2 Å². The van der Waals surface area contributed by atoms with Crippen molar-refractivity contribution in [3.05, 3.63) is 35.6 Å². The third-order valence-electron chi connectivity index (χ3n) is 5.20. The highest BCUT2D eigenvalue weighted by molar-refractivity contribution is 5.65. The first-order valence-electron chi connectivity index (χ1n) is 8.69. The molecule has 6 heteroatoms. The molecular weight excluding hydrogens is 311 g/mol. The van der Waals surface area contributed by atoms with Gasteiger partial charge in [0.1, 0.15) is 5.82 Å². The number of piperidine rings is 1. The van der Waals surface area contributed by atoms with Crippen LogP contribution in [-0.4, -0.2) is 60.3 Å². The summed E-state index contributed by atoms with van der Waals surface area (Å²) in [6, 6.07) is 6.43. The van der Waals surface area contributed by atoms with Crippen LogP contribution in [0.2, 0.25) is 0 Å². The predicted molar refractivity (Wildman–Crippen MR) is 88.5 cm³/mol. The van der Waals surface area contributed by atoms with E-state index in [-0.39, 0.29) is 5.82 Å². The molecule has 2 aliphatic heterocycles. The van der Waals surface area contributed by atoms with Gasteiger partial charge in [-0.05, 0) is 56.5 Å². The fourth-order valence-corrected chi connectivity index (χ4v) is 3.71. The van der Waals surface area contributed by atoms with E-state index in [1.54, 1.807) is 12.1 Å². The maximum Gasteiger partial charge on any atom is 0.407 e. The molecule has 2 heterocycles. The van der Waals surface area contributed by atoms with Crippen LogP contribution >= 0.6 is 0 Å². The van der Waals surface area contributed by atoms with Crippen molar-refractivity contribution in [2.45, 2.75) is 31.3 Å². The molecule has 3 rings (SSSR count). The third kappa shape index (κ3) is 3.87. The summed E-state index contributed by atoms with van der Waals surface area (Å²) in [5.74, 6) is -0.270. The zero-order valence-electron chi connectivity index (χ0n) is 13.9. The van der Waals surface area contributed by atoms with Crippen LogP contribution in [0.25, 0.3) is 0 Å². The van der Waals surface area contributed by atoms with Crippen LogP contribution in [0.1, 0.15) is 31.2 Å². The molecule has 0 aromatic heterocycles. The Bertz CT molecular complexity index is 550. The summed E-state index contributed by atoms with van der Waals surface area (Å²) in [5, 5.41) is 9.16. The van der Waals surface area contributed by atoms with Crippen LogP contribution in [0.15, 0.2) is 24.3 Å². The number of benzene rings is 1. The Morgan fingerprint density at radius 2 is 1.75 bits per heavy atom. The quantitative estimate of drug-likeness (QED) is 0.898. The van der Waals surface area contributed by atoms with Crippen molar-refractivity contribution in [1.29, 1.82) is 0 Å². The Morgan fingerprint density at radius 3 is 2.33 bits per heavy atom. The third-order valence-corrected chi connectivity index (χ3v) is 5.20. The molecule has 0 unspecified atom stereocenters. The molecule has 132 valence electrons. The van der Waals surface area contributed by atoms with Crippen LogP contribution in [0.4, 0.5) is 9.18 Å². The van der Waals surface area contributed by atoms with Crippen LogP contribution < -0.4 is 0 Å². The number of rotatable bonds is 5. The lowest BCUT2D eigenvalue weighted by Gasteiger charge is -2.41. The minimum Gasteiger partial charge on any atom is -0.465 e. The molecule has 1 aromatic carbocycles. The summed E-state index contributed by atoms with van der Waals surface area (Å²) < 4.78 is 19.6. The molecule has 24 heavy (non-hydrogen) atoms. The molecule has 2 aliphatic rings. The lowest BCUT2D eigenvalue weighted by atomic mass is 9.84. The first-order valence-corrected chi connectivity index (χ1v) is 8.69. The molecule has 0 bridgehead atoms. The van der Waals surface area contributed by atoms with Gasteiger partial charge in [0.25, 0.3) is 0 Å². The lowest BCUT2D eigenvalue weighted by molar-refractivity contribution is -0.0900. The van der Waals surface area contributed by atoms with Gasteiger partial charge in [-0.15, -0.1) is 0 Å². The number of hydrogen-bond acceptors (Lipinski definition) is 3. The smallest absolute Gasteiger partial charge is 0.407 e. The predicted octanol–water partition coefficient (Wildman–Crippen LogP) is 2.91. The lowest BCUT2D eigenvalue weighted by Crippen LogP contribution is -2.46. The van der Waals surface area contributed by atoms with Crippen LogP contribution in [-0.2, 0) is 10.3 Å². The first-order chi connectivity index (χ1) is 11.6. The number of carboxylic acid groups (broad SMARTS) is 1. The van der Waals surface area contributed by atoms with E-state index in [2.05, 4.69) is 4.90 Å². The molecule has 0 aliphatic carbocycles. The van der Waals surface area contributed by atoms with Gasteiger partial charge in [0.05, 0.1) is 12.2 Å². The SMILES string of the molecule is O=C(O)N1CCC(OCCN2CCCC2)(c2ccc(F)cc2)CC1. The maximum absolute atomic E-state index is 13.3. The van der Waals surface area contributed by atoms with Crippen molar-refractivity contribution in [1.82, 2.24) is 9.80 Å². The van der Waals surface area contributed by atoms with Crippen molar-refractivity contribution in [2.24, 2.45) is 0 Å². The highest BCUT2D eigenvalue weighted by Crippen LogP contribution is 2.37. The van der Waals surface area contributed by atoms with Gasteiger partial charge in [-0.25, -0.2) is 9.18 Å². The zero-order chi connectivity index (χ0) is 17.0. The van der Waals surface area contributed by atoms with Crippen molar-refractivity contribution >= 4 is 6.09 Å². The van der Waals surface area contributed by atoms with Crippen molar-refractivity contribution in [3.63, 3.8) is 0 Å². The number of halogens is 1. The second-order valence-corrected chi connectivity index (χ2v) is 6.67. The molecule has 2 saturated heterocycles. The average Bonchev–Trinajstić information content (AvgIpc) is 3.09. The second kappa shape index (κ2) is 7.49. The molecule has 0 spiro atoms. The fraction of sp³-hybridized carbons (Fsp3) is 0.611. The van der Waals surface area contributed by atoms with Crippen molar-refractivity contribution in [2.75, 3.05) is 39.3 Å². The fourth-order valence-electron chi connectivity index (χ4n) is 3.71. The number of ether oxygens (including phenoxy) is 1. The van der Waals surface area contributed by atoms with Gasteiger partial charge >= 0.3 is 6.09 Å². The van der Waals surface area contributed by atoms with Crippen LogP contribution in [0, 0.1) is 5.82 Å². The van der Waals surface area contributed by atoms with E-state index in [0.29, 0.717) is 32.5 Å². The minimum absolute atomic E-state index is 0.270. The van der Waals surface area contributed by atoms with E-state index < -0.39 is 11.7 Å². The standard InChI is InChI=1S/C18H25FN2O3/c19-16-5-3-15(4-6-16)18(7-11-21(12-8-18)17(22)23)24-14-13-20-9-1-2-10-20/h3-6H,1-2,7-14H2,(H,22,23). The number of amides is 1. The zero-order valence-corrected chi connectivity index (χ0v) is 13.9. The molecule has 0 radical (unpaired) electrons. The molecular formula is C18H25FN2O3. The summed E-state index contributed by atoms with van der Waals surface area (Å²) >= 11 is 0. The molecule has 1 aromatic rings. The van der Waals surface area contributed by atoms with Crippen LogP contribution in [0.3, 0.4) is 0 Å². The molecule has 0 saturated carbocycles. The van der Waals surface area contributed by atoms with E-state index in [4.69, 9.17) is 9.84 Å². The highest BCUT2D eigenvalue weighted by Gasteiger charge is 2.38. The first kappa shape index (κ1) is 17.2. The van der Waals surface area contributed by atoms with Crippen molar-refractivity contribution < 1.29 is 19.0 Å². The summed E-state index contributed by atoms with van der Waals surface area (Å²) in [6.07, 6.45) is 2.81. The van der Waals surface area contributed by atoms with E-state index >= 15 is 0 Å². The Kier molecular flexibility index (Phi) is 5.36. The summed E-state index contributed by atoms with van der Waals surface area (Å²) in [4.78, 5) is 15.0. The molecule has 0 atom stereocenters. The summed E-state index contributed by atoms with van der Waals surface area (Å²) in [6.45, 7) is 4.64. The molecule has 1 amide bonds. The Hall–Kier alpha value is -1.66. The number of hydrogen-bond donors (Lipinski definition) is 1.